The molecule has 26 heavy (non-hydrogen) atoms. The van der Waals surface area contributed by atoms with E-state index in [2.05, 4.69) is 25.5 Å². The quantitative estimate of drug-likeness (QED) is 0.732. The van der Waals surface area contributed by atoms with Gasteiger partial charge in [0.25, 0.3) is 0 Å². The first-order valence-electron chi connectivity index (χ1n) is 8.59. The van der Waals surface area contributed by atoms with Gasteiger partial charge in [-0.1, -0.05) is 18.2 Å². The van der Waals surface area contributed by atoms with Crippen molar-refractivity contribution in [1.29, 1.82) is 0 Å². The van der Waals surface area contributed by atoms with Crippen molar-refractivity contribution >= 4 is 5.91 Å². The van der Waals surface area contributed by atoms with E-state index in [1.807, 2.05) is 36.4 Å². The van der Waals surface area contributed by atoms with Crippen LogP contribution in [0.3, 0.4) is 0 Å². The predicted octanol–water partition coefficient (Wildman–Crippen LogP) is 1.78. The number of rotatable bonds is 5. The number of nitrogens with one attached hydrogen (secondary N) is 2. The van der Waals surface area contributed by atoms with Crippen molar-refractivity contribution in [1.82, 2.24) is 25.5 Å². The van der Waals surface area contributed by atoms with Crippen LogP contribution in [0, 0.1) is 5.92 Å². The molecule has 0 spiro atoms. The van der Waals surface area contributed by atoms with Gasteiger partial charge in [-0.15, -0.1) is 0 Å². The fourth-order valence-corrected chi connectivity index (χ4v) is 2.98. The zero-order chi connectivity index (χ0) is 17.8. The van der Waals surface area contributed by atoms with Gasteiger partial charge in [-0.25, -0.2) is 4.98 Å². The number of benzene rings is 1. The lowest BCUT2D eigenvalue weighted by Crippen LogP contribution is -2.38. The highest BCUT2D eigenvalue weighted by molar-refractivity contribution is 5.79. The number of para-hydroxylation sites is 1. The summed E-state index contributed by atoms with van der Waals surface area (Å²) in [6, 6.07) is 11.6. The molecule has 0 aliphatic carbocycles. The van der Waals surface area contributed by atoms with Gasteiger partial charge in [-0.2, -0.15) is 5.10 Å². The van der Waals surface area contributed by atoms with Gasteiger partial charge in [0.05, 0.1) is 5.92 Å². The molecule has 132 valence electrons. The van der Waals surface area contributed by atoms with E-state index < -0.39 is 0 Å². The maximum absolute atomic E-state index is 12.4. The molecule has 0 unspecified atom stereocenters. The van der Waals surface area contributed by atoms with Gasteiger partial charge in [0, 0.05) is 30.9 Å². The van der Waals surface area contributed by atoms with Crippen LogP contribution in [0.2, 0.25) is 0 Å². The molecule has 0 radical (unpaired) electrons. The molecule has 2 N–H and O–H groups in total. The van der Waals surface area contributed by atoms with Gasteiger partial charge in [-0.05, 0) is 30.2 Å². The Morgan fingerprint density at radius 1 is 1.27 bits per heavy atom. The molecule has 0 saturated carbocycles. The van der Waals surface area contributed by atoms with E-state index in [4.69, 9.17) is 4.74 Å². The molecule has 1 atom stereocenters. The molecular formula is C19H19N5O2. The molecule has 1 aliphatic rings. The molecule has 0 bridgehead atoms. The van der Waals surface area contributed by atoms with Gasteiger partial charge >= 0.3 is 0 Å². The summed E-state index contributed by atoms with van der Waals surface area (Å²) in [5, 5.41) is 10.1. The van der Waals surface area contributed by atoms with E-state index in [0.29, 0.717) is 31.8 Å². The maximum atomic E-state index is 12.4. The second-order valence-corrected chi connectivity index (χ2v) is 6.21. The number of amides is 1. The highest BCUT2D eigenvalue weighted by atomic mass is 16.5. The topological polar surface area (TPSA) is 92.8 Å². The Balaban J connectivity index is 1.29. The highest BCUT2D eigenvalue weighted by Crippen LogP contribution is 2.26. The first kappa shape index (κ1) is 16.3. The first-order valence-corrected chi connectivity index (χ1v) is 8.59. The zero-order valence-electron chi connectivity index (χ0n) is 14.2. The third kappa shape index (κ3) is 3.56. The van der Waals surface area contributed by atoms with Crippen molar-refractivity contribution in [2.45, 2.75) is 12.8 Å². The molecule has 0 saturated heterocycles. The Kier molecular flexibility index (Phi) is 4.59. The lowest BCUT2D eigenvalue weighted by Gasteiger charge is -2.24. The molecule has 7 nitrogen and oxygen atoms in total. The third-order valence-electron chi connectivity index (χ3n) is 4.36. The Labute approximate surface area is 150 Å². The largest absolute Gasteiger partial charge is 0.492 e. The number of carbonyl (C=O) groups excluding carboxylic acids is 1. The number of aromatic nitrogens is 4. The SMILES string of the molecule is O=C(NCCc1nc(-c2cccnc2)n[nH]1)[C@@H]1COc2ccccc2C1. The van der Waals surface area contributed by atoms with Crippen LogP contribution < -0.4 is 10.1 Å². The van der Waals surface area contributed by atoms with Gasteiger partial charge in [0.1, 0.15) is 18.2 Å². The molecule has 7 heteroatoms. The summed E-state index contributed by atoms with van der Waals surface area (Å²) in [6.45, 7) is 0.912. The number of H-pyrrole nitrogens is 1. The Morgan fingerprint density at radius 2 is 2.19 bits per heavy atom. The number of aromatic amines is 1. The van der Waals surface area contributed by atoms with Gasteiger partial charge < -0.3 is 10.1 Å². The number of carbonyl (C=O) groups is 1. The molecule has 4 rings (SSSR count). The lowest BCUT2D eigenvalue weighted by atomic mass is 9.96. The molecule has 0 fully saturated rings. The van der Waals surface area contributed by atoms with E-state index in [1.54, 1.807) is 12.4 Å². The third-order valence-corrected chi connectivity index (χ3v) is 4.36. The van der Waals surface area contributed by atoms with E-state index in [0.717, 1.165) is 22.7 Å². The van der Waals surface area contributed by atoms with Crippen molar-refractivity contribution in [3.8, 4) is 17.1 Å². The zero-order valence-corrected chi connectivity index (χ0v) is 14.2. The number of hydrogen-bond acceptors (Lipinski definition) is 5. The number of nitrogens with zero attached hydrogens (tertiary/aromatic N) is 3. The minimum absolute atomic E-state index is 0.00602. The fraction of sp³-hybridized carbons (Fsp3) is 0.263. The smallest absolute Gasteiger partial charge is 0.226 e. The average molecular weight is 349 g/mol. The van der Waals surface area contributed by atoms with Crippen LogP contribution in [0.5, 0.6) is 5.75 Å². The van der Waals surface area contributed by atoms with Crippen molar-refractivity contribution in [3.05, 3.63) is 60.2 Å². The number of fused-ring (bicyclic) bond motifs is 1. The minimum atomic E-state index is -0.161. The lowest BCUT2D eigenvalue weighted by molar-refractivity contribution is -0.126. The summed E-state index contributed by atoms with van der Waals surface area (Å²) >= 11 is 0. The molecule has 3 heterocycles. The van der Waals surface area contributed by atoms with E-state index >= 15 is 0 Å². The Morgan fingerprint density at radius 3 is 3.08 bits per heavy atom. The standard InChI is InChI=1S/C19H19N5O2/c25-19(15-10-13-4-1-2-6-16(13)26-12-15)21-9-7-17-22-18(24-23-17)14-5-3-8-20-11-14/h1-6,8,11,15H,7,9-10,12H2,(H,21,25)(H,22,23,24)/t15-/m0/s1. The second kappa shape index (κ2) is 7.35. The molecule has 1 aliphatic heterocycles. The van der Waals surface area contributed by atoms with Crippen LogP contribution >= 0.6 is 0 Å². The maximum Gasteiger partial charge on any atom is 0.226 e. The van der Waals surface area contributed by atoms with E-state index in [1.165, 1.54) is 0 Å². The van der Waals surface area contributed by atoms with Crippen LogP contribution in [0.15, 0.2) is 48.8 Å². The van der Waals surface area contributed by atoms with Crippen LogP contribution in [0.25, 0.3) is 11.4 Å². The summed E-state index contributed by atoms with van der Waals surface area (Å²) in [5.41, 5.74) is 1.94. The van der Waals surface area contributed by atoms with Gasteiger partial charge in [0.15, 0.2) is 5.82 Å². The predicted molar refractivity (Wildman–Crippen MR) is 95.5 cm³/mol. The summed E-state index contributed by atoms with van der Waals surface area (Å²) in [5.74, 6) is 2.06. The average Bonchev–Trinajstić information content (AvgIpc) is 3.17. The van der Waals surface area contributed by atoms with Crippen LogP contribution in [0.1, 0.15) is 11.4 Å². The summed E-state index contributed by atoms with van der Waals surface area (Å²) in [4.78, 5) is 20.9. The van der Waals surface area contributed by atoms with Crippen LogP contribution in [0.4, 0.5) is 0 Å². The van der Waals surface area contributed by atoms with Crippen LogP contribution in [-0.4, -0.2) is 39.2 Å². The van der Waals surface area contributed by atoms with Crippen molar-refractivity contribution in [3.63, 3.8) is 0 Å². The fourth-order valence-electron chi connectivity index (χ4n) is 2.98. The van der Waals surface area contributed by atoms with Gasteiger partial charge in [-0.3, -0.25) is 14.9 Å². The molecule has 1 aromatic carbocycles. The summed E-state index contributed by atoms with van der Waals surface area (Å²) in [7, 11) is 0. The summed E-state index contributed by atoms with van der Waals surface area (Å²) < 4.78 is 5.68. The van der Waals surface area contributed by atoms with E-state index in [-0.39, 0.29) is 11.8 Å². The second-order valence-electron chi connectivity index (χ2n) is 6.21. The molecule has 2 aromatic heterocycles. The van der Waals surface area contributed by atoms with Crippen molar-refractivity contribution in [2.24, 2.45) is 5.92 Å². The minimum Gasteiger partial charge on any atom is -0.492 e. The van der Waals surface area contributed by atoms with Crippen molar-refractivity contribution in [2.75, 3.05) is 13.2 Å². The van der Waals surface area contributed by atoms with E-state index in [9.17, 15) is 4.79 Å². The Bertz CT molecular complexity index is 894. The van der Waals surface area contributed by atoms with Gasteiger partial charge in [0.2, 0.25) is 5.91 Å². The number of pyridine rings is 1. The first-order chi connectivity index (χ1) is 12.8. The van der Waals surface area contributed by atoms with Crippen molar-refractivity contribution < 1.29 is 9.53 Å². The monoisotopic (exact) mass is 349 g/mol. The summed E-state index contributed by atoms with van der Waals surface area (Å²) in [6.07, 6.45) is 4.72. The number of hydrogen-bond donors (Lipinski definition) is 2. The number of ether oxygens (including phenoxy) is 1. The molecule has 1 amide bonds. The Hall–Kier alpha value is -3.22. The van der Waals surface area contributed by atoms with Crippen LogP contribution in [-0.2, 0) is 17.6 Å². The highest BCUT2D eigenvalue weighted by Gasteiger charge is 2.25. The molecule has 3 aromatic rings. The normalized spacial score (nSPS) is 15.8. The molecular weight excluding hydrogens is 330 g/mol.